The molecule has 1 atom stereocenters. The molecule has 0 aliphatic rings. The Morgan fingerprint density at radius 2 is 2.15 bits per heavy atom. The van der Waals surface area contributed by atoms with Crippen molar-refractivity contribution >= 4 is 18.4 Å². The summed E-state index contributed by atoms with van der Waals surface area (Å²) in [7, 11) is 0. The van der Waals surface area contributed by atoms with E-state index in [0.29, 0.717) is 13.0 Å². The first kappa shape index (κ1) is 15.2. The van der Waals surface area contributed by atoms with Gasteiger partial charge in [0.1, 0.15) is 6.04 Å². The molecular formula is C8H18ClNO3. The molecule has 2 N–H and O–H groups in total. The summed E-state index contributed by atoms with van der Waals surface area (Å²) in [5.41, 5.74) is 1.95. The van der Waals surface area contributed by atoms with Crippen LogP contribution in [0.2, 0.25) is 0 Å². The molecule has 0 aromatic rings. The molecule has 0 aromatic heterocycles. The highest BCUT2D eigenvalue weighted by atomic mass is 35.5. The molecule has 0 saturated heterocycles. The van der Waals surface area contributed by atoms with Gasteiger partial charge in [-0.3, -0.25) is 4.79 Å². The van der Waals surface area contributed by atoms with Crippen molar-refractivity contribution in [1.82, 2.24) is 5.48 Å². The van der Waals surface area contributed by atoms with E-state index in [1.807, 2.05) is 12.4 Å². The monoisotopic (exact) mass is 211 g/mol. The second-order valence-electron chi connectivity index (χ2n) is 2.58. The average molecular weight is 212 g/mol. The number of hydroxylamine groups is 1. The number of unbranched alkanes of at least 4 members (excludes halogenated alkanes) is 1. The van der Waals surface area contributed by atoms with Gasteiger partial charge in [-0.2, -0.15) is 5.48 Å². The Balaban J connectivity index is 0. The smallest absolute Gasteiger partial charge is 0.325 e. The Kier molecular flexibility index (Phi) is 11.4. The first-order chi connectivity index (χ1) is 5.76. The minimum atomic E-state index is -0.565. The van der Waals surface area contributed by atoms with Crippen LogP contribution < -0.4 is 5.48 Å². The number of ether oxygens (including phenoxy) is 1. The number of nitrogens with one attached hydrogen (secondary N) is 1. The van der Waals surface area contributed by atoms with E-state index in [0.717, 1.165) is 12.8 Å². The SMILES string of the molecule is CCCCC(NO)C(=O)OCC.Cl. The van der Waals surface area contributed by atoms with E-state index in [4.69, 9.17) is 9.94 Å². The highest BCUT2D eigenvalue weighted by molar-refractivity contribution is 5.85. The number of hydrogen-bond donors (Lipinski definition) is 2. The molecule has 0 aliphatic heterocycles. The van der Waals surface area contributed by atoms with E-state index in [1.54, 1.807) is 6.92 Å². The van der Waals surface area contributed by atoms with Crippen LogP contribution in [-0.2, 0) is 9.53 Å². The van der Waals surface area contributed by atoms with Gasteiger partial charge in [0.05, 0.1) is 6.61 Å². The Morgan fingerprint density at radius 1 is 1.54 bits per heavy atom. The minimum absolute atomic E-state index is 0. The lowest BCUT2D eigenvalue weighted by atomic mass is 10.1. The molecule has 4 nitrogen and oxygen atoms in total. The van der Waals surface area contributed by atoms with Crippen molar-refractivity contribution in [2.45, 2.75) is 39.2 Å². The number of rotatable bonds is 6. The Bertz CT molecular complexity index is 133. The summed E-state index contributed by atoms with van der Waals surface area (Å²) in [5, 5.41) is 8.60. The predicted molar refractivity (Wildman–Crippen MR) is 52.1 cm³/mol. The number of halogens is 1. The zero-order valence-corrected chi connectivity index (χ0v) is 8.89. The maximum absolute atomic E-state index is 11.0. The molecule has 0 aliphatic carbocycles. The van der Waals surface area contributed by atoms with Crippen LogP contribution in [0.1, 0.15) is 33.1 Å². The van der Waals surface area contributed by atoms with Crippen molar-refractivity contribution in [1.29, 1.82) is 0 Å². The number of hydrogen-bond acceptors (Lipinski definition) is 4. The molecule has 13 heavy (non-hydrogen) atoms. The van der Waals surface area contributed by atoms with Crippen molar-refractivity contribution in [2.75, 3.05) is 6.61 Å². The first-order valence-electron chi connectivity index (χ1n) is 4.32. The van der Waals surface area contributed by atoms with Crippen LogP contribution >= 0.6 is 12.4 Å². The van der Waals surface area contributed by atoms with Crippen molar-refractivity contribution in [2.24, 2.45) is 0 Å². The van der Waals surface area contributed by atoms with Gasteiger partial charge in [0.25, 0.3) is 0 Å². The molecule has 0 aromatic carbocycles. The Labute approximate surface area is 85.0 Å². The molecule has 0 rings (SSSR count). The van der Waals surface area contributed by atoms with Crippen LogP contribution in [0.25, 0.3) is 0 Å². The average Bonchev–Trinajstić information content (AvgIpc) is 2.06. The van der Waals surface area contributed by atoms with E-state index < -0.39 is 6.04 Å². The van der Waals surface area contributed by atoms with E-state index in [2.05, 4.69) is 0 Å². The zero-order valence-electron chi connectivity index (χ0n) is 8.08. The van der Waals surface area contributed by atoms with Gasteiger partial charge in [-0.15, -0.1) is 12.4 Å². The van der Waals surface area contributed by atoms with Crippen LogP contribution in [0, 0.1) is 0 Å². The number of esters is 1. The van der Waals surface area contributed by atoms with E-state index in [-0.39, 0.29) is 18.4 Å². The van der Waals surface area contributed by atoms with Crippen LogP contribution in [0.15, 0.2) is 0 Å². The van der Waals surface area contributed by atoms with Gasteiger partial charge in [0.15, 0.2) is 0 Å². The molecule has 5 heteroatoms. The maximum Gasteiger partial charge on any atom is 0.325 e. The molecule has 0 radical (unpaired) electrons. The molecule has 0 bridgehead atoms. The number of carbonyl (C=O) groups excluding carboxylic acids is 1. The Hall–Kier alpha value is -0.320. The lowest BCUT2D eigenvalue weighted by molar-refractivity contribution is -0.148. The van der Waals surface area contributed by atoms with Gasteiger partial charge < -0.3 is 9.94 Å². The van der Waals surface area contributed by atoms with Crippen molar-refractivity contribution in [3.8, 4) is 0 Å². The lowest BCUT2D eigenvalue weighted by Gasteiger charge is -2.12. The quantitative estimate of drug-likeness (QED) is 0.517. The molecule has 0 spiro atoms. The van der Waals surface area contributed by atoms with Gasteiger partial charge in [-0.05, 0) is 13.3 Å². The summed E-state index contributed by atoms with van der Waals surface area (Å²) in [6.07, 6.45) is 2.51. The second-order valence-corrected chi connectivity index (χ2v) is 2.58. The van der Waals surface area contributed by atoms with E-state index in [1.165, 1.54) is 0 Å². The first-order valence-corrected chi connectivity index (χ1v) is 4.32. The summed E-state index contributed by atoms with van der Waals surface area (Å²) in [6.45, 7) is 4.12. The van der Waals surface area contributed by atoms with Gasteiger partial charge in [0, 0.05) is 0 Å². The lowest BCUT2D eigenvalue weighted by Crippen LogP contribution is -2.35. The summed E-state index contributed by atoms with van der Waals surface area (Å²) < 4.78 is 4.73. The standard InChI is InChI=1S/C8H17NO3.ClH/c1-3-5-6-7(9-11)8(10)12-4-2;/h7,9,11H,3-6H2,1-2H3;1H. The molecule has 0 fully saturated rings. The normalized spacial score (nSPS) is 11.6. The zero-order chi connectivity index (χ0) is 9.40. The van der Waals surface area contributed by atoms with Crippen LogP contribution in [0.5, 0.6) is 0 Å². The second kappa shape index (κ2) is 9.77. The van der Waals surface area contributed by atoms with E-state index >= 15 is 0 Å². The predicted octanol–water partition coefficient (Wildman–Crippen LogP) is 1.51. The maximum atomic E-state index is 11.0. The third-order valence-corrected chi connectivity index (χ3v) is 1.57. The third-order valence-electron chi connectivity index (χ3n) is 1.57. The van der Waals surface area contributed by atoms with Gasteiger partial charge in [0.2, 0.25) is 0 Å². The van der Waals surface area contributed by atoms with Crippen molar-refractivity contribution < 1.29 is 14.7 Å². The minimum Gasteiger partial charge on any atom is -0.465 e. The van der Waals surface area contributed by atoms with Crippen molar-refractivity contribution in [3.63, 3.8) is 0 Å². The largest absolute Gasteiger partial charge is 0.465 e. The molecule has 0 amide bonds. The summed E-state index contributed by atoms with van der Waals surface area (Å²) in [5.74, 6) is -0.381. The van der Waals surface area contributed by atoms with E-state index in [9.17, 15) is 4.79 Å². The highest BCUT2D eigenvalue weighted by Gasteiger charge is 2.17. The fraction of sp³-hybridized carbons (Fsp3) is 0.875. The Morgan fingerprint density at radius 3 is 2.54 bits per heavy atom. The van der Waals surface area contributed by atoms with Gasteiger partial charge >= 0.3 is 5.97 Å². The van der Waals surface area contributed by atoms with Crippen LogP contribution in [0.3, 0.4) is 0 Å². The summed E-state index contributed by atoms with van der Waals surface area (Å²) >= 11 is 0. The van der Waals surface area contributed by atoms with Crippen LogP contribution in [-0.4, -0.2) is 23.8 Å². The summed E-state index contributed by atoms with van der Waals surface area (Å²) in [6, 6.07) is -0.565. The molecule has 0 saturated carbocycles. The molecule has 80 valence electrons. The fourth-order valence-corrected chi connectivity index (χ4v) is 0.886. The van der Waals surface area contributed by atoms with Crippen molar-refractivity contribution in [3.05, 3.63) is 0 Å². The summed E-state index contributed by atoms with van der Waals surface area (Å²) in [4.78, 5) is 11.0. The van der Waals surface area contributed by atoms with Crippen LogP contribution in [0.4, 0.5) is 0 Å². The fourth-order valence-electron chi connectivity index (χ4n) is 0.886. The van der Waals surface area contributed by atoms with Gasteiger partial charge in [-0.25, -0.2) is 0 Å². The third kappa shape index (κ3) is 6.81. The van der Waals surface area contributed by atoms with Gasteiger partial charge in [-0.1, -0.05) is 19.8 Å². The molecule has 0 heterocycles. The topological polar surface area (TPSA) is 58.6 Å². The molecular weight excluding hydrogens is 194 g/mol. The molecule has 1 unspecified atom stereocenters. The number of carbonyl (C=O) groups is 1. The highest BCUT2D eigenvalue weighted by Crippen LogP contribution is 2.01.